The van der Waals surface area contributed by atoms with Gasteiger partial charge in [-0.15, -0.1) is 0 Å². The van der Waals surface area contributed by atoms with Crippen LogP contribution in [0, 0.1) is 0 Å². The van der Waals surface area contributed by atoms with Crippen LogP contribution < -0.4 is 10.2 Å². The molecule has 7 heteroatoms. The zero-order chi connectivity index (χ0) is 15.7. The first-order chi connectivity index (χ1) is 10.7. The van der Waals surface area contributed by atoms with E-state index in [9.17, 15) is 14.7 Å². The third kappa shape index (κ3) is 2.25. The Kier molecular flexibility index (Phi) is 3.64. The summed E-state index contributed by atoms with van der Waals surface area (Å²) >= 11 is 0. The predicted octanol–water partition coefficient (Wildman–Crippen LogP) is 0.464. The van der Waals surface area contributed by atoms with Crippen molar-refractivity contribution in [2.24, 2.45) is 0 Å². The molecule has 0 unspecified atom stereocenters. The second-order valence-corrected chi connectivity index (χ2v) is 5.04. The molecule has 0 aliphatic carbocycles. The molecule has 2 heterocycles. The van der Waals surface area contributed by atoms with Crippen molar-refractivity contribution in [3.63, 3.8) is 0 Å². The number of benzene rings is 1. The molecule has 0 spiro atoms. The molecule has 1 aromatic heterocycles. The van der Waals surface area contributed by atoms with Crippen LogP contribution in [-0.4, -0.2) is 40.7 Å². The van der Waals surface area contributed by atoms with Gasteiger partial charge < -0.3 is 15.3 Å². The minimum atomic E-state index is -0.305. The average Bonchev–Trinajstić information content (AvgIpc) is 2.99. The molecule has 3 N–H and O–H groups in total. The lowest BCUT2D eigenvalue weighted by atomic mass is 10.0. The fourth-order valence-corrected chi connectivity index (χ4v) is 2.62. The molecule has 0 saturated carbocycles. The summed E-state index contributed by atoms with van der Waals surface area (Å²) in [6.45, 7) is 0.385. The Hall–Kier alpha value is -2.67. The second-order valence-electron chi connectivity index (χ2n) is 5.04. The third-order valence-electron chi connectivity index (χ3n) is 3.76. The molecule has 22 heavy (non-hydrogen) atoms. The van der Waals surface area contributed by atoms with Gasteiger partial charge in [0.05, 0.1) is 6.61 Å². The molecule has 114 valence electrons. The third-order valence-corrected chi connectivity index (χ3v) is 3.76. The number of nitrogens with zero attached hydrogens (tertiary/aromatic N) is 2. The number of anilines is 1. The number of aliphatic hydroxyl groups is 1. The van der Waals surface area contributed by atoms with Crippen LogP contribution in [0.25, 0.3) is 0 Å². The first kappa shape index (κ1) is 14.3. The summed E-state index contributed by atoms with van der Waals surface area (Å²) in [7, 11) is 1.53. The van der Waals surface area contributed by atoms with Gasteiger partial charge >= 0.3 is 0 Å². The number of aliphatic hydroxyl groups excluding tert-OH is 1. The van der Waals surface area contributed by atoms with Gasteiger partial charge in [0.15, 0.2) is 5.69 Å². The molecule has 0 bridgehead atoms. The SMILES string of the molecule is CNC(=O)c1n[nH]c2c1CCN(c1cccc(CO)c1)C2=O. The van der Waals surface area contributed by atoms with E-state index < -0.39 is 0 Å². The monoisotopic (exact) mass is 300 g/mol. The maximum absolute atomic E-state index is 12.6. The number of hydrogen-bond acceptors (Lipinski definition) is 4. The lowest BCUT2D eigenvalue weighted by Gasteiger charge is -2.27. The van der Waals surface area contributed by atoms with Crippen LogP contribution in [0.3, 0.4) is 0 Å². The number of carbonyl (C=O) groups is 2. The first-order valence-electron chi connectivity index (χ1n) is 6.96. The van der Waals surface area contributed by atoms with E-state index >= 15 is 0 Å². The van der Waals surface area contributed by atoms with Gasteiger partial charge in [-0.25, -0.2) is 0 Å². The van der Waals surface area contributed by atoms with Crippen molar-refractivity contribution in [1.82, 2.24) is 15.5 Å². The van der Waals surface area contributed by atoms with Gasteiger partial charge in [0.25, 0.3) is 11.8 Å². The van der Waals surface area contributed by atoms with Gasteiger partial charge in [-0.2, -0.15) is 5.10 Å². The lowest BCUT2D eigenvalue weighted by Crippen LogP contribution is -2.38. The van der Waals surface area contributed by atoms with Crippen LogP contribution >= 0.6 is 0 Å². The highest BCUT2D eigenvalue weighted by Gasteiger charge is 2.31. The number of nitrogens with one attached hydrogen (secondary N) is 2. The Morgan fingerprint density at radius 2 is 2.32 bits per heavy atom. The normalized spacial score (nSPS) is 13.9. The maximum Gasteiger partial charge on any atom is 0.276 e. The van der Waals surface area contributed by atoms with Crippen molar-refractivity contribution >= 4 is 17.5 Å². The van der Waals surface area contributed by atoms with E-state index in [1.807, 2.05) is 6.07 Å². The minimum absolute atomic E-state index is 0.0774. The molecule has 2 aromatic rings. The van der Waals surface area contributed by atoms with Gasteiger partial charge in [-0.3, -0.25) is 14.7 Å². The van der Waals surface area contributed by atoms with Crippen molar-refractivity contribution in [3.8, 4) is 0 Å². The quantitative estimate of drug-likeness (QED) is 0.767. The summed E-state index contributed by atoms with van der Waals surface area (Å²) in [5.41, 5.74) is 2.73. The largest absolute Gasteiger partial charge is 0.392 e. The van der Waals surface area contributed by atoms with Crippen molar-refractivity contribution in [1.29, 1.82) is 0 Å². The number of rotatable bonds is 3. The second kappa shape index (κ2) is 5.61. The molecule has 1 aromatic carbocycles. The molecular weight excluding hydrogens is 284 g/mol. The zero-order valence-electron chi connectivity index (χ0n) is 12.1. The summed E-state index contributed by atoms with van der Waals surface area (Å²) in [5, 5.41) is 18.4. The van der Waals surface area contributed by atoms with E-state index in [0.717, 1.165) is 11.3 Å². The summed E-state index contributed by atoms with van der Waals surface area (Å²) in [5.74, 6) is -0.528. The Morgan fingerprint density at radius 3 is 3.05 bits per heavy atom. The van der Waals surface area contributed by atoms with Crippen LogP contribution in [0.5, 0.6) is 0 Å². The van der Waals surface area contributed by atoms with Crippen LogP contribution in [-0.2, 0) is 13.0 Å². The van der Waals surface area contributed by atoms with Gasteiger partial charge in [-0.1, -0.05) is 12.1 Å². The van der Waals surface area contributed by atoms with Gasteiger partial charge in [-0.05, 0) is 24.1 Å². The van der Waals surface area contributed by atoms with Crippen molar-refractivity contribution < 1.29 is 14.7 Å². The molecular formula is C15H16N4O3. The average molecular weight is 300 g/mol. The molecule has 0 radical (unpaired) electrons. The van der Waals surface area contributed by atoms with E-state index in [0.29, 0.717) is 24.2 Å². The molecule has 1 aliphatic rings. The molecule has 1 aliphatic heterocycles. The van der Waals surface area contributed by atoms with Gasteiger partial charge in [0.1, 0.15) is 5.69 Å². The molecule has 2 amide bonds. The lowest BCUT2D eigenvalue weighted by molar-refractivity contribution is 0.0957. The van der Waals surface area contributed by atoms with E-state index in [1.54, 1.807) is 23.1 Å². The summed E-state index contributed by atoms with van der Waals surface area (Å²) in [6, 6.07) is 7.19. The fraction of sp³-hybridized carbons (Fsp3) is 0.267. The number of amides is 2. The molecule has 0 atom stereocenters. The minimum Gasteiger partial charge on any atom is -0.392 e. The van der Waals surface area contributed by atoms with Gasteiger partial charge in [0, 0.05) is 24.8 Å². The Morgan fingerprint density at radius 1 is 1.50 bits per heavy atom. The van der Waals surface area contributed by atoms with Crippen LogP contribution in [0.1, 0.15) is 32.1 Å². The Balaban J connectivity index is 1.95. The van der Waals surface area contributed by atoms with Crippen LogP contribution in [0.15, 0.2) is 24.3 Å². The number of H-pyrrole nitrogens is 1. The number of aromatic nitrogens is 2. The first-order valence-corrected chi connectivity index (χ1v) is 6.96. The summed E-state index contributed by atoms with van der Waals surface area (Å²) in [6.07, 6.45) is 0.545. The zero-order valence-corrected chi connectivity index (χ0v) is 12.1. The number of hydrogen-bond donors (Lipinski definition) is 3. The summed E-state index contributed by atoms with van der Waals surface area (Å²) < 4.78 is 0. The van der Waals surface area contributed by atoms with Crippen molar-refractivity contribution in [2.45, 2.75) is 13.0 Å². The Bertz CT molecular complexity index is 738. The number of fused-ring (bicyclic) bond motifs is 1. The molecule has 0 saturated heterocycles. The highest BCUT2D eigenvalue weighted by atomic mass is 16.3. The standard InChI is InChI=1S/C15H16N4O3/c1-16-14(21)12-11-5-6-19(15(22)13(11)18-17-12)10-4-2-3-9(7-10)8-20/h2-4,7,20H,5-6,8H2,1H3,(H,16,21)(H,17,18). The molecule has 3 rings (SSSR count). The number of carbonyl (C=O) groups excluding carboxylic acids is 2. The van der Waals surface area contributed by atoms with Crippen LogP contribution in [0.4, 0.5) is 5.69 Å². The van der Waals surface area contributed by atoms with Crippen molar-refractivity contribution in [2.75, 3.05) is 18.5 Å². The maximum atomic E-state index is 12.6. The number of aromatic amines is 1. The van der Waals surface area contributed by atoms with Gasteiger partial charge in [0.2, 0.25) is 0 Å². The van der Waals surface area contributed by atoms with E-state index in [-0.39, 0.29) is 24.1 Å². The molecule has 0 fully saturated rings. The highest BCUT2D eigenvalue weighted by molar-refractivity contribution is 6.09. The van der Waals surface area contributed by atoms with Crippen LogP contribution in [0.2, 0.25) is 0 Å². The Labute approximate surface area is 126 Å². The van der Waals surface area contributed by atoms with Crippen molar-refractivity contribution in [3.05, 3.63) is 46.8 Å². The molecule has 7 nitrogen and oxygen atoms in total. The predicted molar refractivity (Wildman–Crippen MR) is 79.7 cm³/mol. The topological polar surface area (TPSA) is 98.3 Å². The van der Waals surface area contributed by atoms with E-state index in [2.05, 4.69) is 15.5 Å². The highest BCUT2D eigenvalue weighted by Crippen LogP contribution is 2.25. The summed E-state index contributed by atoms with van der Waals surface area (Å²) in [4.78, 5) is 26.0. The fourth-order valence-electron chi connectivity index (χ4n) is 2.62. The van der Waals surface area contributed by atoms with E-state index in [1.165, 1.54) is 7.05 Å². The van der Waals surface area contributed by atoms with E-state index in [4.69, 9.17) is 0 Å². The smallest absolute Gasteiger partial charge is 0.276 e.